The Hall–Kier alpha value is -3.10. The Kier molecular flexibility index (Phi) is 4.80. The van der Waals surface area contributed by atoms with Crippen LogP contribution in [0.5, 0.6) is 11.5 Å². The highest BCUT2D eigenvalue weighted by atomic mass is 32.2. The minimum Gasteiger partial charge on any atom is -0.454 e. The number of thioether (sulfide) groups is 1. The molecule has 8 heteroatoms. The second-order valence-electron chi connectivity index (χ2n) is 6.90. The molecule has 2 aliphatic heterocycles. The van der Waals surface area contributed by atoms with Gasteiger partial charge in [-0.25, -0.2) is 4.79 Å². The zero-order valence-corrected chi connectivity index (χ0v) is 17.6. The molecule has 0 bridgehead atoms. The zero-order valence-electron chi connectivity index (χ0n) is 16.0. The third kappa shape index (κ3) is 3.48. The normalized spacial score (nSPS) is 15.5. The van der Waals surface area contributed by atoms with Crippen LogP contribution in [0.15, 0.2) is 57.1 Å². The van der Waals surface area contributed by atoms with E-state index in [1.807, 2.05) is 60.8 Å². The lowest BCUT2D eigenvalue weighted by molar-refractivity contribution is -0.607. The van der Waals surface area contributed by atoms with E-state index in [-0.39, 0.29) is 25.0 Å². The summed E-state index contributed by atoms with van der Waals surface area (Å²) in [7, 11) is 0. The minimum atomic E-state index is -0.150. The van der Waals surface area contributed by atoms with Crippen LogP contribution in [0.1, 0.15) is 21.6 Å². The van der Waals surface area contributed by atoms with Gasteiger partial charge in [-0.1, -0.05) is 35.6 Å². The van der Waals surface area contributed by atoms with Crippen LogP contribution < -0.4 is 19.4 Å². The van der Waals surface area contributed by atoms with E-state index >= 15 is 0 Å². The number of fused-ring (bicyclic) bond motifs is 2. The summed E-state index contributed by atoms with van der Waals surface area (Å²) in [6, 6.07) is 13.2. The van der Waals surface area contributed by atoms with Crippen LogP contribution in [0, 0.1) is 6.92 Å². The third-order valence-electron chi connectivity index (χ3n) is 4.83. The maximum atomic E-state index is 13.0. The predicted octanol–water partition coefficient (Wildman–Crippen LogP) is 4.04. The van der Waals surface area contributed by atoms with E-state index in [9.17, 15) is 9.59 Å². The number of rotatable bonds is 4. The highest BCUT2D eigenvalue weighted by Gasteiger charge is 2.40. The number of benzene rings is 2. The maximum Gasteiger partial charge on any atom is 0.433 e. The standard InChI is InChI=1S/C22H16N2O4S2/c1-13-4-2-3-5-16(13)23-20(25)10-15-11-29-22-24(15)21(26)19(30-22)9-14-6-7-17-18(8-14)28-12-27-17/h2-9,11H,10,12H2,1H3/p+1/b19-9-. The van der Waals surface area contributed by atoms with Gasteiger partial charge in [-0.15, -0.1) is 4.57 Å². The molecule has 0 radical (unpaired) electrons. The molecule has 5 rings (SSSR count). The highest BCUT2D eigenvalue weighted by Crippen LogP contribution is 2.38. The molecule has 150 valence electrons. The van der Waals surface area contributed by atoms with Crippen molar-refractivity contribution < 1.29 is 23.6 Å². The molecule has 0 saturated heterocycles. The van der Waals surface area contributed by atoms with Gasteiger partial charge in [0.05, 0.1) is 5.38 Å². The minimum absolute atomic E-state index is 0.118. The smallest absolute Gasteiger partial charge is 0.433 e. The van der Waals surface area contributed by atoms with Gasteiger partial charge in [-0.05, 0) is 42.3 Å². The van der Waals surface area contributed by atoms with Gasteiger partial charge in [0.1, 0.15) is 11.3 Å². The molecule has 2 aliphatic rings. The Morgan fingerprint density at radius 1 is 1.20 bits per heavy atom. The monoisotopic (exact) mass is 437 g/mol. The fourth-order valence-electron chi connectivity index (χ4n) is 3.31. The van der Waals surface area contributed by atoms with Gasteiger partial charge in [0.2, 0.25) is 18.4 Å². The number of nitrogens with zero attached hydrogens (tertiary/aromatic N) is 1. The Balaban J connectivity index is 1.34. The lowest BCUT2D eigenvalue weighted by Crippen LogP contribution is -2.43. The number of allylic oxidation sites excluding steroid dienone is 1. The molecule has 0 spiro atoms. The first-order valence-electron chi connectivity index (χ1n) is 9.30. The summed E-state index contributed by atoms with van der Waals surface area (Å²) < 4.78 is 13.2. The van der Waals surface area contributed by atoms with Crippen LogP contribution in [-0.4, -0.2) is 18.6 Å². The van der Waals surface area contributed by atoms with Crippen LogP contribution >= 0.6 is 23.1 Å². The van der Waals surface area contributed by atoms with E-state index in [4.69, 9.17) is 9.47 Å². The molecule has 1 N–H and O–H groups in total. The molecule has 0 saturated carbocycles. The third-order valence-corrected chi connectivity index (χ3v) is 7.01. The van der Waals surface area contributed by atoms with Crippen molar-refractivity contribution in [2.45, 2.75) is 17.7 Å². The topological polar surface area (TPSA) is 68.5 Å². The summed E-state index contributed by atoms with van der Waals surface area (Å²) in [6.07, 6.45) is 1.97. The SMILES string of the molecule is Cc1ccccc1NC(=O)Cc1csc2[n+]1C(=O)/C(=C/c1ccc3c(c1)OCO3)S2. The van der Waals surface area contributed by atoms with E-state index in [1.165, 1.54) is 23.1 Å². The van der Waals surface area contributed by atoms with E-state index in [0.717, 1.165) is 21.2 Å². The molecule has 0 aliphatic carbocycles. The predicted molar refractivity (Wildman–Crippen MR) is 115 cm³/mol. The van der Waals surface area contributed by atoms with E-state index in [1.54, 1.807) is 4.57 Å². The molecule has 30 heavy (non-hydrogen) atoms. The molecule has 1 amide bonds. The second kappa shape index (κ2) is 7.62. The molecule has 6 nitrogen and oxygen atoms in total. The first-order chi connectivity index (χ1) is 14.6. The van der Waals surface area contributed by atoms with E-state index in [2.05, 4.69) is 5.32 Å². The molecule has 0 unspecified atom stereocenters. The average molecular weight is 438 g/mol. The highest BCUT2D eigenvalue weighted by molar-refractivity contribution is 8.05. The zero-order chi connectivity index (χ0) is 20.7. The molecule has 3 aromatic rings. The fraction of sp³-hybridized carbons (Fsp3) is 0.136. The van der Waals surface area contributed by atoms with Crippen molar-refractivity contribution in [2.75, 3.05) is 12.1 Å². The van der Waals surface area contributed by atoms with Crippen molar-refractivity contribution in [1.29, 1.82) is 0 Å². The van der Waals surface area contributed by atoms with Crippen LogP contribution in [0.4, 0.5) is 5.69 Å². The summed E-state index contributed by atoms with van der Waals surface area (Å²) in [5.41, 5.74) is 3.33. The Morgan fingerprint density at radius 3 is 2.90 bits per heavy atom. The Morgan fingerprint density at radius 2 is 2.03 bits per heavy atom. The lowest BCUT2D eigenvalue weighted by Gasteiger charge is -2.06. The van der Waals surface area contributed by atoms with Crippen molar-refractivity contribution in [3.8, 4) is 11.5 Å². The van der Waals surface area contributed by atoms with Crippen LogP contribution in [0.3, 0.4) is 0 Å². The number of carbonyl (C=O) groups excluding carboxylic acids is 2. The lowest BCUT2D eigenvalue weighted by atomic mass is 10.2. The molecule has 1 aromatic heterocycles. The molecule has 2 aromatic carbocycles. The van der Waals surface area contributed by atoms with Crippen LogP contribution in [0.2, 0.25) is 0 Å². The number of aromatic nitrogens is 1. The Bertz CT molecular complexity index is 1220. The van der Waals surface area contributed by atoms with Gasteiger partial charge < -0.3 is 14.8 Å². The van der Waals surface area contributed by atoms with Crippen molar-refractivity contribution in [1.82, 2.24) is 0 Å². The number of amides is 1. The summed E-state index contributed by atoms with van der Waals surface area (Å²) in [6.45, 7) is 2.16. The number of carbonyl (C=O) groups is 2. The van der Waals surface area contributed by atoms with Crippen molar-refractivity contribution in [3.05, 3.63) is 69.6 Å². The van der Waals surface area contributed by atoms with Crippen molar-refractivity contribution >= 4 is 46.7 Å². The van der Waals surface area contributed by atoms with Gasteiger partial charge in [0.15, 0.2) is 11.5 Å². The first kappa shape index (κ1) is 18.9. The number of para-hydroxylation sites is 1. The van der Waals surface area contributed by atoms with Crippen molar-refractivity contribution in [2.24, 2.45) is 0 Å². The summed E-state index contributed by atoms with van der Waals surface area (Å²) in [5.74, 6) is 1.12. The van der Waals surface area contributed by atoms with Crippen LogP contribution in [-0.2, 0) is 11.2 Å². The number of ether oxygens (including phenoxy) is 2. The first-order valence-corrected chi connectivity index (χ1v) is 11.0. The van der Waals surface area contributed by atoms with Gasteiger partial charge in [0.25, 0.3) is 0 Å². The Labute approximate surface area is 181 Å². The quantitative estimate of drug-likeness (QED) is 0.493. The largest absolute Gasteiger partial charge is 0.454 e. The fourth-order valence-corrected chi connectivity index (χ4v) is 5.50. The van der Waals surface area contributed by atoms with E-state index < -0.39 is 0 Å². The van der Waals surface area contributed by atoms with Gasteiger partial charge >= 0.3 is 10.2 Å². The number of aryl methyl sites for hydroxylation is 1. The molecule has 3 heterocycles. The van der Waals surface area contributed by atoms with E-state index in [0.29, 0.717) is 22.1 Å². The van der Waals surface area contributed by atoms with Gasteiger partial charge in [0, 0.05) is 17.4 Å². The molecular formula is C22H17N2O4S2+. The number of nitrogens with one attached hydrogen (secondary N) is 1. The van der Waals surface area contributed by atoms with Gasteiger partial charge in [-0.3, -0.25) is 4.79 Å². The van der Waals surface area contributed by atoms with Crippen LogP contribution in [0.25, 0.3) is 6.08 Å². The molecule has 0 fully saturated rings. The number of hydrogen-bond donors (Lipinski definition) is 1. The number of anilines is 1. The number of thiazole rings is 1. The second-order valence-corrected chi connectivity index (χ2v) is 9.04. The molecule has 0 atom stereocenters. The molecular weight excluding hydrogens is 420 g/mol. The maximum absolute atomic E-state index is 13.0. The average Bonchev–Trinajstić information content (AvgIpc) is 3.42. The number of hydrogen-bond acceptors (Lipinski definition) is 6. The summed E-state index contributed by atoms with van der Waals surface area (Å²) >= 11 is 2.88. The van der Waals surface area contributed by atoms with Gasteiger partial charge in [-0.2, -0.15) is 0 Å². The van der Waals surface area contributed by atoms with Crippen molar-refractivity contribution in [3.63, 3.8) is 0 Å². The summed E-state index contributed by atoms with van der Waals surface area (Å²) in [4.78, 5) is 26.2. The summed E-state index contributed by atoms with van der Waals surface area (Å²) in [5, 5.41) is 4.79.